The first-order valence-corrected chi connectivity index (χ1v) is 8.18. The van der Waals surface area contributed by atoms with Crippen molar-refractivity contribution in [1.29, 1.82) is 0 Å². The normalized spacial score (nSPS) is 11.3. The molecule has 0 aliphatic heterocycles. The number of benzene rings is 1. The van der Waals surface area contributed by atoms with Crippen LogP contribution in [0, 0.1) is 6.92 Å². The molecule has 0 fully saturated rings. The molecular weight excluding hydrogens is 330 g/mol. The zero-order valence-electron chi connectivity index (χ0n) is 9.85. The zero-order chi connectivity index (χ0) is 12.7. The average Bonchev–Trinajstić information content (AvgIpc) is 2.90. The summed E-state index contributed by atoms with van der Waals surface area (Å²) in [5.41, 5.74) is 3.22. The Balaban J connectivity index is 2.15. The Kier molecular flexibility index (Phi) is 3.17. The number of thioether (sulfide) groups is 1. The number of hydrogen-bond donors (Lipinski definition) is 0. The van der Waals surface area contributed by atoms with E-state index in [-0.39, 0.29) is 0 Å². The van der Waals surface area contributed by atoms with Crippen molar-refractivity contribution >= 4 is 44.0 Å². The minimum atomic E-state index is 0.953. The minimum Gasteiger partial charge on any atom is -0.217 e. The Labute approximate surface area is 121 Å². The van der Waals surface area contributed by atoms with Gasteiger partial charge in [-0.05, 0) is 25.3 Å². The molecule has 0 radical (unpaired) electrons. The van der Waals surface area contributed by atoms with Gasteiger partial charge >= 0.3 is 0 Å². The lowest BCUT2D eigenvalue weighted by Crippen LogP contribution is -1.88. The number of aryl methyl sites for hydroxylation is 1. The summed E-state index contributed by atoms with van der Waals surface area (Å²) >= 11 is 6.72. The smallest absolute Gasteiger partial charge is 0.213 e. The van der Waals surface area contributed by atoms with Crippen molar-refractivity contribution in [1.82, 2.24) is 14.6 Å². The molecule has 0 aliphatic rings. The molecule has 3 rings (SSSR count). The van der Waals surface area contributed by atoms with Gasteiger partial charge in [-0.3, -0.25) is 0 Å². The Bertz CT molecular complexity index is 700. The van der Waals surface area contributed by atoms with Crippen LogP contribution >= 0.6 is 39.0 Å². The molecule has 2 heterocycles. The molecule has 6 heteroatoms. The van der Waals surface area contributed by atoms with Crippen LogP contribution in [-0.2, 0) is 0 Å². The molecule has 0 N–H and O–H groups in total. The van der Waals surface area contributed by atoms with Crippen LogP contribution < -0.4 is 0 Å². The maximum absolute atomic E-state index is 4.67. The number of nitrogens with zero attached hydrogens (tertiary/aromatic N) is 3. The summed E-state index contributed by atoms with van der Waals surface area (Å²) in [5, 5.41) is 4.52. The first-order chi connectivity index (χ1) is 8.69. The number of halogens is 1. The Morgan fingerprint density at radius 3 is 2.61 bits per heavy atom. The van der Waals surface area contributed by atoms with Crippen molar-refractivity contribution in [3.8, 4) is 11.3 Å². The van der Waals surface area contributed by atoms with Crippen LogP contribution in [0.15, 0.2) is 33.1 Å². The van der Waals surface area contributed by atoms with Crippen molar-refractivity contribution in [2.45, 2.75) is 11.3 Å². The Morgan fingerprint density at radius 1 is 1.28 bits per heavy atom. The van der Waals surface area contributed by atoms with Crippen molar-refractivity contribution < 1.29 is 0 Å². The SMILES string of the molecule is CSc1nn2c(C)c(-c3ccc(Br)cc3)nc2s1. The molecule has 0 atom stereocenters. The fourth-order valence-electron chi connectivity index (χ4n) is 1.80. The van der Waals surface area contributed by atoms with E-state index >= 15 is 0 Å². The number of fused-ring (bicyclic) bond motifs is 1. The van der Waals surface area contributed by atoms with Crippen LogP contribution in [0.1, 0.15) is 5.69 Å². The van der Waals surface area contributed by atoms with Crippen LogP contribution in [-0.4, -0.2) is 20.9 Å². The molecule has 0 bridgehead atoms. The third-order valence-corrected chi connectivity index (χ3v) is 5.11. The summed E-state index contributed by atoms with van der Waals surface area (Å²) in [6.07, 6.45) is 2.03. The third kappa shape index (κ3) is 1.98. The lowest BCUT2D eigenvalue weighted by Gasteiger charge is -1.99. The average molecular weight is 340 g/mol. The fourth-order valence-corrected chi connectivity index (χ4v) is 3.46. The van der Waals surface area contributed by atoms with Crippen LogP contribution in [0.4, 0.5) is 0 Å². The largest absolute Gasteiger partial charge is 0.217 e. The first kappa shape index (κ1) is 12.2. The van der Waals surface area contributed by atoms with E-state index < -0.39 is 0 Å². The van der Waals surface area contributed by atoms with Crippen molar-refractivity contribution in [2.75, 3.05) is 6.26 Å². The second-order valence-corrected chi connectivity index (χ2v) is 6.74. The summed E-state index contributed by atoms with van der Waals surface area (Å²) in [7, 11) is 0. The molecule has 2 aromatic heterocycles. The predicted molar refractivity (Wildman–Crippen MR) is 80.5 cm³/mol. The highest BCUT2D eigenvalue weighted by atomic mass is 79.9. The van der Waals surface area contributed by atoms with Gasteiger partial charge in [-0.2, -0.15) is 0 Å². The molecule has 0 saturated heterocycles. The molecule has 0 saturated carbocycles. The van der Waals surface area contributed by atoms with Gasteiger partial charge in [-0.15, -0.1) is 5.10 Å². The summed E-state index contributed by atoms with van der Waals surface area (Å²) in [6, 6.07) is 8.20. The van der Waals surface area contributed by atoms with Crippen molar-refractivity contribution in [3.05, 3.63) is 34.4 Å². The van der Waals surface area contributed by atoms with Gasteiger partial charge in [-0.25, -0.2) is 9.50 Å². The van der Waals surface area contributed by atoms with E-state index in [1.165, 1.54) is 0 Å². The van der Waals surface area contributed by atoms with E-state index in [1.54, 1.807) is 23.1 Å². The molecule has 92 valence electrons. The first-order valence-electron chi connectivity index (χ1n) is 5.35. The molecule has 18 heavy (non-hydrogen) atoms. The molecule has 3 nitrogen and oxygen atoms in total. The highest BCUT2D eigenvalue weighted by molar-refractivity contribution is 9.10. The molecule has 0 aliphatic carbocycles. The van der Waals surface area contributed by atoms with Gasteiger partial charge in [0.2, 0.25) is 4.96 Å². The lowest BCUT2D eigenvalue weighted by atomic mass is 10.1. The predicted octanol–water partition coefficient (Wildman–Crippen LogP) is 4.25. The Hall–Kier alpha value is -0.850. The Morgan fingerprint density at radius 2 is 2.00 bits per heavy atom. The molecule has 0 unspecified atom stereocenters. The standard InChI is InChI=1S/C12H10BrN3S2/c1-7-10(8-3-5-9(13)6-4-8)14-11-16(7)15-12(17-2)18-11/h3-6H,1-2H3. The minimum absolute atomic E-state index is 0.953. The summed E-state index contributed by atoms with van der Waals surface area (Å²) in [4.78, 5) is 5.62. The monoisotopic (exact) mass is 339 g/mol. The maximum atomic E-state index is 4.67. The maximum Gasteiger partial charge on any atom is 0.213 e. The summed E-state index contributed by atoms with van der Waals surface area (Å²) < 4.78 is 4.05. The van der Waals surface area contributed by atoms with E-state index in [2.05, 4.69) is 45.1 Å². The van der Waals surface area contributed by atoms with E-state index in [0.29, 0.717) is 0 Å². The third-order valence-electron chi connectivity index (χ3n) is 2.70. The van der Waals surface area contributed by atoms with E-state index in [1.807, 2.05) is 22.9 Å². The van der Waals surface area contributed by atoms with E-state index in [4.69, 9.17) is 0 Å². The summed E-state index contributed by atoms with van der Waals surface area (Å²) in [5.74, 6) is 0. The lowest BCUT2D eigenvalue weighted by molar-refractivity contribution is 0.883. The van der Waals surface area contributed by atoms with Crippen LogP contribution in [0.5, 0.6) is 0 Å². The molecule has 1 aromatic carbocycles. The van der Waals surface area contributed by atoms with E-state index in [0.717, 1.165) is 30.7 Å². The number of rotatable bonds is 2. The van der Waals surface area contributed by atoms with Crippen LogP contribution in [0.25, 0.3) is 16.2 Å². The van der Waals surface area contributed by atoms with Gasteiger partial charge < -0.3 is 0 Å². The fraction of sp³-hybridized carbons (Fsp3) is 0.167. The number of hydrogen-bond acceptors (Lipinski definition) is 4. The van der Waals surface area contributed by atoms with Crippen molar-refractivity contribution in [3.63, 3.8) is 0 Å². The number of aromatic nitrogens is 3. The highest BCUT2D eigenvalue weighted by Gasteiger charge is 2.14. The molecule has 0 amide bonds. The topological polar surface area (TPSA) is 30.2 Å². The molecule has 3 aromatic rings. The second-order valence-electron chi connectivity index (χ2n) is 3.82. The van der Waals surface area contributed by atoms with Gasteiger partial charge in [0.05, 0.1) is 11.4 Å². The van der Waals surface area contributed by atoms with E-state index in [9.17, 15) is 0 Å². The molecule has 0 spiro atoms. The van der Waals surface area contributed by atoms with Gasteiger partial charge in [-0.1, -0.05) is 51.2 Å². The molecular formula is C12H10BrN3S2. The number of imidazole rings is 1. The van der Waals surface area contributed by atoms with Gasteiger partial charge in [0, 0.05) is 10.0 Å². The van der Waals surface area contributed by atoms with Crippen molar-refractivity contribution in [2.24, 2.45) is 0 Å². The van der Waals surface area contributed by atoms with Gasteiger partial charge in [0.25, 0.3) is 0 Å². The van der Waals surface area contributed by atoms with Gasteiger partial charge in [0.1, 0.15) is 0 Å². The van der Waals surface area contributed by atoms with Crippen LogP contribution in [0.2, 0.25) is 0 Å². The zero-order valence-corrected chi connectivity index (χ0v) is 13.1. The van der Waals surface area contributed by atoms with Gasteiger partial charge in [0.15, 0.2) is 4.34 Å². The van der Waals surface area contributed by atoms with Crippen LogP contribution in [0.3, 0.4) is 0 Å². The second kappa shape index (κ2) is 4.68. The summed E-state index contributed by atoms with van der Waals surface area (Å²) in [6.45, 7) is 2.06. The highest BCUT2D eigenvalue weighted by Crippen LogP contribution is 2.29. The quantitative estimate of drug-likeness (QED) is 0.653.